The molecule has 0 radical (unpaired) electrons. The molecule has 1 aromatic carbocycles. The Labute approximate surface area is 266 Å². The van der Waals surface area contributed by atoms with Crippen LogP contribution in [-0.4, -0.2) is 85.0 Å². The van der Waals surface area contributed by atoms with Gasteiger partial charge in [-0.25, -0.2) is 4.98 Å². The van der Waals surface area contributed by atoms with Crippen LogP contribution >= 0.6 is 23.2 Å². The predicted octanol–water partition coefficient (Wildman–Crippen LogP) is 4.39. The second kappa shape index (κ2) is 14.2. The van der Waals surface area contributed by atoms with E-state index < -0.39 is 0 Å². The lowest BCUT2D eigenvalue weighted by Gasteiger charge is -2.39. The van der Waals surface area contributed by atoms with E-state index in [-0.39, 0.29) is 33.1 Å². The SMILES string of the molecule is COc1cc(OC)c(Cl)c(-c2cc3cnc(NCC4CCOCC4)nc3n(CCNC3CN(C(=O)C=C(C)C)C3)c2=O)c1Cl. The molecule has 13 heteroatoms. The number of allylic oxidation sites excluding steroid dienone is 1. The molecule has 3 aromatic rings. The number of pyridine rings is 1. The van der Waals surface area contributed by atoms with Crippen molar-refractivity contribution in [2.45, 2.75) is 39.3 Å². The number of aromatic nitrogens is 3. The molecule has 0 aliphatic carbocycles. The van der Waals surface area contributed by atoms with Crippen LogP contribution in [0.4, 0.5) is 5.95 Å². The summed E-state index contributed by atoms with van der Waals surface area (Å²) in [5, 5.41) is 7.85. The fourth-order valence-corrected chi connectivity index (χ4v) is 6.15. The number of hydrogen-bond donors (Lipinski definition) is 2. The smallest absolute Gasteiger partial charge is 0.260 e. The molecule has 2 aliphatic rings. The molecule has 11 nitrogen and oxygen atoms in total. The van der Waals surface area contributed by atoms with Crippen LogP contribution in [0.1, 0.15) is 26.7 Å². The van der Waals surface area contributed by atoms with Crippen molar-refractivity contribution in [1.29, 1.82) is 0 Å². The average Bonchev–Trinajstić information content (AvgIpc) is 2.98. The van der Waals surface area contributed by atoms with Gasteiger partial charge in [-0.05, 0) is 38.7 Å². The second-order valence-corrected chi connectivity index (χ2v) is 12.1. The summed E-state index contributed by atoms with van der Waals surface area (Å²) < 4.78 is 18.0. The monoisotopic (exact) mass is 644 g/mol. The molecule has 0 unspecified atom stereocenters. The topological polar surface area (TPSA) is 120 Å². The lowest BCUT2D eigenvalue weighted by molar-refractivity contribution is -0.130. The Balaban J connectivity index is 1.46. The molecule has 2 aliphatic heterocycles. The van der Waals surface area contributed by atoms with Gasteiger partial charge < -0.3 is 29.7 Å². The van der Waals surface area contributed by atoms with Gasteiger partial charge in [0.25, 0.3) is 5.56 Å². The van der Waals surface area contributed by atoms with Gasteiger partial charge in [-0.2, -0.15) is 4.98 Å². The van der Waals surface area contributed by atoms with Gasteiger partial charge in [0.2, 0.25) is 11.9 Å². The molecule has 2 N–H and O–H groups in total. The number of benzene rings is 1. The Kier molecular flexibility index (Phi) is 10.3. The van der Waals surface area contributed by atoms with E-state index in [4.69, 9.17) is 42.4 Å². The highest BCUT2D eigenvalue weighted by molar-refractivity contribution is 6.41. The second-order valence-electron chi connectivity index (χ2n) is 11.3. The molecule has 0 bridgehead atoms. The number of carbonyl (C=O) groups excluding carboxylic acids is 1. The highest BCUT2D eigenvalue weighted by atomic mass is 35.5. The number of fused-ring (bicyclic) bond motifs is 1. The summed E-state index contributed by atoms with van der Waals surface area (Å²) in [4.78, 5) is 37.6. The van der Waals surface area contributed by atoms with Crippen molar-refractivity contribution in [2.24, 2.45) is 5.92 Å². The molecular formula is C31H38Cl2N6O5. The third-order valence-electron chi connectivity index (χ3n) is 7.93. The van der Waals surface area contributed by atoms with E-state index in [2.05, 4.69) is 15.6 Å². The van der Waals surface area contributed by atoms with Crippen LogP contribution < -0.4 is 25.7 Å². The van der Waals surface area contributed by atoms with Gasteiger partial charge in [0, 0.05) is 81.3 Å². The van der Waals surface area contributed by atoms with Crippen LogP contribution in [-0.2, 0) is 16.1 Å². The molecule has 2 aromatic heterocycles. The average molecular weight is 646 g/mol. The predicted molar refractivity (Wildman–Crippen MR) is 172 cm³/mol. The minimum Gasteiger partial charge on any atom is -0.495 e. The summed E-state index contributed by atoms with van der Waals surface area (Å²) in [5.41, 5.74) is 1.73. The van der Waals surface area contributed by atoms with Crippen LogP contribution in [0.15, 0.2) is 34.8 Å². The maximum atomic E-state index is 14.2. The number of anilines is 1. The van der Waals surface area contributed by atoms with E-state index in [1.807, 2.05) is 13.8 Å². The first kappa shape index (κ1) is 32.0. The van der Waals surface area contributed by atoms with E-state index >= 15 is 0 Å². The zero-order chi connectivity index (χ0) is 31.4. The van der Waals surface area contributed by atoms with Gasteiger partial charge in [-0.1, -0.05) is 28.8 Å². The summed E-state index contributed by atoms with van der Waals surface area (Å²) in [5.74, 6) is 1.59. The van der Waals surface area contributed by atoms with Gasteiger partial charge in [0.1, 0.15) is 17.1 Å². The number of likely N-dealkylation sites (tertiary alicyclic amines) is 1. The van der Waals surface area contributed by atoms with Crippen LogP contribution in [0.5, 0.6) is 11.5 Å². The Hall–Kier alpha value is -3.38. The van der Waals surface area contributed by atoms with Gasteiger partial charge >= 0.3 is 0 Å². The van der Waals surface area contributed by atoms with Crippen molar-refractivity contribution < 1.29 is 19.0 Å². The van der Waals surface area contributed by atoms with Gasteiger partial charge in [-0.3, -0.25) is 14.2 Å². The third kappa shape index (κ3) is 6.96. The quantitative estimate of drug-likeness (QED) is 0.293. The van der Waals surface area contributed by atoms with Gasteiger partial charge in [0.05, 0.1) is 29.8 Å². The molecule has 5 rings (SSSR count). The first-order valence-electron chi connectivity index (χ1n) is 14.7. The molecule has 0 atom stereocenters. The number of nitrogens with zero attached hydrogens (tertiary/aromatic N) is 4. The molecular weight excluding hydrogens is 607 g/mol. The molecule has 4 heterocycles. The molecule has 0 saturated carbocycles. The molecule has 0 spiro atoms. The Morgan fingerprint density at radius 2 is 1.80 bits per heavy atom. The van der Waals surface area contributed by atoms with E-state index in [9.17, 15) is 9.59 Å². The molecule has 2 saturated heterocycles. The normalized spacial score (nSPS) is 15.6. The zero-order valence-electron chi connectivity index (χ0n) is 25.4. The standard InChI is InChI=1S/C31H38Cl2N6O5/c1-18(2)11-25(40)38-16-21(17-38)34-7-8-39-29-20(15-36-31(37-29)35-14-19-5-9-44-10-6-19)12-22(30(39)41)26-27(32)23(42-3)13-24(43-4)28(26)33/h11-13,15,19,21,34H,5-10,14,16-17H2,1-4H3,(H,35,36,37). The van der Waals surface area contributed by atoms with Crippen LogP contribution in [0.3, 0.4) is 0 Å². The summed E-state index contributed by atoms with van der Waals surface area (Å²) in [6.07, 6.45) is 5.29. The number of carbonyl (C=O) groups is 1. The highest BCUT2D eigenvalue weighted by Crippen LogP contribution is 2.45. The first-order valence-corrected chi connectivity index (χ1v) is 15.5. The summed E-state index contributed by atoms with van der Waals surface area (Å²) in [7, 11) is 2.97. The number of halogens is 2. The minimum atomic E-state index is -0.318. The van der Waals surface area contributed by atoms with Crippen molar-refractivity contribution >= 4 is 46.1 Å². The number of ether oxygens (including phenoxy) is 3. The fourth-order valence-electron chi connectivity index (χ4n) is 5.45. The Bertz CT molecular complexity index is 1580. The first-order chi connectivity index (χ1) is 21.2. The largest absolute Gasteiger partial charge is 0.495 e. The van der Waals surface area contributed by atoms with Gasteiger partial charge in [-0.15, -0.1) is 0 Å². The lowest BCUT2D eigenvalue weighted by atomic mass is 10.0. The van der Waals surface area contributed by atoms with Crippen LogP contribution in [0, 0.1) is 5.92 Å². The number of hydrogen-bond acceptors (Lipinski definition) is 9. The van der Waals surface area contributed by atoms with E-state index in [1.54, 1.807) is 33.9 Å². The zero-order valence-corrected chi connectivity index (χ0v) is 26.9. The van der Waals surface area contributed by atoms with E-state index in [0.29, 0.717) is 66.1 Å². The van der Waals surface area contributed by atoms with Crippen molar-refractivity contribution in [3.63, 3.8) is 0 Å². The summed E-state index contributed by atoms with van der Waals surface area (Å²) >= 11 is 13.4. The summed E-state index contributed by atoms with van der Waals surface area (Å²) in [6.45, 7) is 8.04. The van der Waals surface area contributed by atoms with E-state index in [0.717, 1.165) is 38.2 Å². The fraction of sp³-hybridized carbons (Fsp3) is 0.484. The molecule has 2 fully saturated rings. The van der Waals surface area contributed by atoms with Crippen molar-refractivity contribution in [3.8, 4) is 22.6 Å². The van der Waals surface area contributed by atoms with Gasteiger partial charge in [0.15, 0.2) is 0 Å². The minimum absolute atomic E-state index is 0.0120. The van der Waals surface area contributed by atoms with E-state index in [1.165, 1.54) is 14.2 Å². The number of rotatable bonds is 11. The summed E-state index contributed by atoms with van der Waals surface area (Å²) in [6, 6.07) is 3.42. The van der Waals surface area contributed by atoms with Crippen molar-refractivity contribution in [2.75, 3.05) is 58.9 Å². The van der Waals surface area contributed by atoms with Crippen molar-refractivity contribution in [1.82, 2.24) is 24.8 Å². The lowest BCUT2D eigenvalue weighted by Crippen LogP contribution is -2.60. The number of methoxy groups -OCH3 is 2. The Morgan fingerprint density at radius 1 is 1.11 bits per heavy atom. The number of nitrogens with one attached hydrogen (secondary N) is 2. The maximum Gasteiger partial charge on any atom is 0.260 e. The molecule has 236 valence electrons. The third-order valence-corrected chi connectivity index (χ3v) is 8.68. The number of amides is 1. The molecule has 44 heavy (non-hydrogen) atoms. The highest BCUT2D eigenvalue weighted by Gasteiger charge is 2.29. The molecule has 1 amide bonds. The van der Waals surface area contributed by atoms with Crippen molar-refractivity contribution in [3.05, 3.63) is 50.4 Å². The Morgan fingerprint density at radius 3 is 2.43 bits per heavy atom. The van der Waals surface area contributed by atoms with Crippen LogP contribution in [0.2, 0.25) is 10.0 Å². The van der Waals surface area contributed by atoms with Crippen LogP contribution in [0.25, 0.3) is 22.2 Å². The maximum absolute atomic E-state index is 14.2.